The summed E-state index contributed by atoms with van der Waals surface area (Å²) < 4.78 is 0. The van der Waals surface area contributed by atoms with Gasteiger partial charge in [0.05, 0.1) is 0 Å². The third-order valence-electron chi connectivity index (χ3n) is 2.92. The van der Waals surface area contributed by atoms with E-state index in [0.29, 0.717) is 12.1 Å². The SMILES string of the molecule is CC(C)N(CC1CCCN1)C(C)C. The van der Waals surface area contributed by atoms with Crippen molar-refractivity contribution in [2.75, 3.05) is 13.1 Å². The van der Waals surface area contributed by atoms with E-state index in [-0.39, 0.29) is 0 Å². The van der Waals surface area contributed by atoms with E-state index in [4.69, 9.17) is 0 Å². The van der Waals surface area contributed by atoms with Crippen molar-refractivity contribution < 1.29 is 0 Å². The van der Waals surface area contributed by atoms with Gasteiger partial charge in [-0.3, -0.25) is 4.90 Å². The molecule has 0 saturated carbocycles. The number of hydrogen-bond acceptors (Lipinski definition) is 2. The largest absolute Gasteiger partial charge is 0.313 e. The van der Waals surface area contributed by atoms with Crippen LogP contribution in [0.4, 0.5) is 0 Å². The fourth-order valence-corrected chi connectivity index (χ4v) is 2.18. The number of hydrogen-bond donors (Lipinski definition) is 1. The fourth-order valence-electron chi connectivity index (χ4n) is 2.18. The van der Waals surface area contributed by atoms with Crippen LogP contribution in [0.15, 0.2) is 0 Å². The van der Waals surface area contributed by atoms with Crippen LogP contribution in [0.1, 0.15) is 40.5 Å². The summed E-state index contributed by atoms with van der Waals surface area (Å²) in [5, 5.41) is 3.56. The molecule has 0 aliphatic carbocycles. The zero-order valence-electron chi connectivity index (χ0n) is 9.51. The molecular formula is C11H24N2. The lowest BCUT2D eigenvalue weighted by Crippen LogP contribution is -2.44. The molecule has 1 rings (SSSR count). The second kappa shape index (κ2) is 4.97. The zero-order valence-corrected chi connectivity index (χ0v) is 9.51. The van der Waals surface area contributed by atoms with Gasteiger partial charge in [0.15, 0.2) is 0 Å². The molecule has 1 aliphatic heterocycles. The Bertz CT molecular complexity index is 129. The van der Waals surface area contributed by atoms with E-state index < -0.39 is 0 Å². The Kier molecular flexibility index (Phi) is 4.20. The van der Waals surface area contributed by atoms with Crippen LogP contribution < -0.4 is 5.32 Å². The van der Waals surface area contributed by atoms with E-state index in [1.165, 1.54) is 25.9 Å². The average molecular weight is 184 g/mol. The quantitative estimate of drug-likeness (QED) is 0.717. The van der Waals surface area contributed by atoms with E-state index in [0.717, 1.165) is 6.04 Å². The van der Waals surface area contributed by atoms with Gasteiger partial charge in [-0.1, -0.05) is 0 Å². The van der Waals surface area contributed by atoms with E-state index in [9.17, 15) is 0 Å². The monoisotopic (exact) mass is 184 g/mol. The van der Waals surface area contributed by atoms with Crippen molar-refractivity contribution in [3.05, 3.63) is 0 Å². The van der Waals surface area contributed by atoms with Crippen molar-refractivity contribution in [2.24, 2.45) is 0 Å². The van der Waals surface area contributed by atoms with Gasteiger partial charge in [0.2, 0.25) is 0 Å². The van der Waals surface area contributed by atoms with Crippen LogP contribution in [-0.2, 0) is 0 Å². The van der Waals surface area contributed by atoms with Gasteiger partial charge in [0.1, 0.15) is 0 Å². The lowest BCUT2D eigenvalue weighted by Gasteiger charge is -2.32. The van der Waals surface area contributed by atoms with Crippen molar-refractivity contribution in [1.82, 2.24) is 10.2 Å². The summed E-state index contributed by atoms with van der Waals surface area (Å²) in [4.78, 5) is 2.57. The molecule has 1 unspecified atom stereocenters. The highest BCUT2D eigenvalue weighted by Crippen LogP contribution is 2.11. The molecule has 1 atom stereocenters. The first-order chi connectivity index (χ1) is 6.11. The summed E-state index contributed by atoms with van der Waals surface area (Å²) in [7, 11) is 0. The third-order valence-corrected chi connectivity index (χ3v) is 2.92. The summed E-state index contributed by atoms with van der Waals surface area (Å²) in [5.74, 6) is 0. The van der Waals surface area contributed by atoms with Gasteiger partial charge in [0.25, 0.3) is 0 Å². The smallest absolute Gasteiger partial charge is 0.0195 e. The Hall–Kier alpha value is -0.0800. The van der Waals surface area contributed by atoms with Crippen molar-refractivity contribution in [2.45, 2.75) is 58.7 Å². The Balaban J connectivity index is 2.37. The maximum atomic E-state index is 3.56. The molecule has 0 bridgehead atoms. The first-order valence-electron chi connectivity index (χ1n) is 5.60. The number of rotatable bonds is 4. The van der Waals surface area contributed by atoms with Crippen LogP contribution in [0.25, 0.3) is 0 Å². The molecule has 2 nitrogen and oxygen atoms in total. The Morgan fingerprint density at radius 2 is 1.85 bits per heavy atom. The van der Waals surface area contributed by atoms with Gasteiger partial charge < -0.3 is 5.32 Å². The predicted molar refractivity (Wildman–Crippen MR) is 58.0 cm³/mol. The van der Waals surface area contributed by atoms with E-state index in [1.54, 1.807) is 0 Å². The summed E-state index contributed by atoms with van der Waals surface area (Å²) >= 11 is 0. The lowest BCUT2D eigenvalue weighted by atomic mass is 10.1. The average Bonchev–Trinajstić information content (AvgIpc) is 2.50. The molecule has 1 saturated heterocycles. The molecule has 0 spiro atoms. The van der Waals surface area contributed by atoms with Crippen LogP contribution >= 0.6 is 0 Å². The van der Waals surface area contributed by atoms with Crippen molar-refractivity contribution in [3.8, 4) is 0 Å². The van der Waals surface area contributed by atoms with Gasteiger partial charge in [-0.25, -0.2) is 0 Å². The summed E-state index contributed by atoms with van der Waals surface area (Å²) in [5.41, 5.74) is 0. The second-order valence-corrected chi connectivity index (χ2v) is 4.68. The normalized spacial score (nSPS) is 23.8. The minimum atomic E-state index is 0.669. The lowest BCUT2D eigenvalue weighted by molar-refractivity contribution is 0.160. The predicted octanol–water partition coefficient (Wildman–Crippen LogP) is 1.86. The molecule has 13 heavy (non-hydrogen) atoms. The molecule has 1 fully saturated rings. The molecule has 0 aromatic rings. The fraction of sp³-hybridized carbons (Fsp3) is 1.00. The Morgan fingerprint density at radius 3 is 2.23 bits per heavy atom. The summed E-state index contributed by atoms with van der Waals surface area (Å²) in [6.45, 7) is 11.6. The highest BCUT2D eigenvalue weighted by molar-refractivity contribution is 4.80. The minimum absolute atomic E-state index is 0.669. The molecule has 2 heteroatoms. The van der Waals surface area contributed by atoms with Crippen molar-refractivity contribution >= 4 is 0 Å². The van der Waals surface area contributed by atoms with Crippen LogP contribution in [0.5, 0.6) is 0 Å². The van der Waals surface area contributed by atoms with Crippen molar-refractivity contribution in [3.63, 3.8) is 0 Å². The van der Waals surface area contributed by atoms with Crippen LogP contribution in [-0.4, -0.2) is 36.1 Å². The molecule has 0 aromatic carbocycles. The molecule has 0 amide bonds. The van der Waals surface area contributed by atoms with Gasteiger partial charge in [-0.15, -0.1) is 0 Å². The molecule has 78 valence electrons. The molecule has 1 heterocycles. The van der Waals surface area contributed by atoms with Gasteiger partial charge >= 0.3 is 0 Å². The highest BCUT2D eigenvalue weighted by atomic mass is 15.2. The first kappa shape index (κ1) is 11.0. The summed E-state index contributed by atoms with van der Waals surface area (Å²) in [6, 6.07) is 2.08. The van der Waals surface area contributed by atoms with Crippen LogP contribution in [0, 0.1) is 0 Å². The molecule has 1 N–H and O–H groups in total. The Labute approximate surface area is 82.7 Å². The molecular weight excluding hydrogens is 160 g/mol. The standard InChI is InChI=1S/C11H24N2/c1-9(2)13(10(3)4)8-11-6-5-7-12-11/h9-12H,5-8H2,1-4H3. The third kappa shape index (κ3) is 3.28. The minimum Gasteiger partial charge on any atom is -0.313 e. The van der Waals surface area contributed by atoms with Gasteiger partial charge in [-0.05, 0) is 47.1 Å². The highest BCUT2D eigenvalue weighted by Gasteiger charge is 2.20. The first-order valence-corrected chi connectivity index (χ1v) is 5.60. The van der Waals surface area contributed by atoms with E-state index in [1.807, 2.05) is 0 Å². The topological polar surface area (TPSA) is 15.3 Å². The molecule has 0 aromatic heterocycles. The number of nitrogens with zero attached hydrogens (tertiary/aromatic N) is 1. The summed E-state index contributed by atoms with van der Waals surface area (Å²) in [6.07, 6.45) is 2.71. The van der Waals surface area contributed by atoms with Gasteiger partial charge in [-0.2, -0.15) is 0 Å². The second-order valence-electron chi connectivity index (χ2n) is 4.68. The van der Waals surface area contributed by atoms with Crippen molar-refractivity contribution in [1.29, 1.82) is 0 Å². The maximum absolute atomic E-state index is 3.56. The zero-order chi connectivity index (χ0) is 9.84. The van der Waals surface area contributed by atoms with Crippen LogP contribution in [0.3, 0.4) is 0 Å². The molecule has 0 radical (unpaired) electrons. The molecule has 1 aliphatic rings. The van der Waals surface area contributed by atoms with Crippen LogP contribution in [0.2, 0.25) is 0 Å². The maximum Gasteiger partial charge on any atom is 0.0195 e. The van der Waals surface area contributed by atoms with Gasteiger partial charge in [0, 0.05) is 24.7 Å². The number of nitrogens with one attached hydrogen (secondary N) is 1. The Morgan fingerprint density at radius 1 is 1.23 bits per heavy atom. The van der Waals surface area contributed by atoms with E-state index in [2.05, 4.69) is 37.9 Å². The van der Waals surface area contributed by atoms with E-state index >= 15 is 0 Å².